The van der Waals surface area contributed by atoms with Crippen molar-refractivity contribution in [2.45, 2.75) is 44.4 Å². The molecule has 0 radical (unpaired) electrons. The number of nitrogen functional groups attached to an aromatic ring is 1. The van der Waals surface area contributed by atoms with Crippen LogP contribution in [0.25, 0.3) is 10.8 Å². The number of halogens is 4. The first-order valence-electron chi connectivity index (χ1n) is 9.62. The van der Waals surface area contributed by atoms with E-state index in [4.69, 9.17) is 17.3 Å². The Balaban J connectivity index is 2.18. The topological polar surface area (TPSA) is 127 Å². The highest BCUT2D eigenvalue weighted by atomic mass is 35.5. The van der Waals surface area contributed by atoms with Gasteiger partial charge in [-0.05, 0) is 36.1 Å². The number of benzene rings is 2. The number of fused-ring (bicyclic) bond motifs is 1. The minimum Gasteiger partial charge on any atom is -0.506 e. The number of Topliss-reactive ketones (excluding diaryl/α,β-unsaturated/α-hetero) is 1. The lowest BCUT2D eigenvalue weighted by atomic mass is 9.72. The molecule has 0 bridgehead atoms. The maximum atomic E-state index is 14.2. The van der Waals surface area contributed by atoms with Crippen LogP contribution in [0.1, 0.15) is 41.9 Å². The predicted molar refractivity (Wildman–Crippen MR) is 116 cm³/mol. The molecule has 3 aromatic rings. The molecule has 0 aliphatic heterocycles. The quantitative estimate of drug-likeness (QED) is 0.364. The summed E-state index contributed by atoms with van der Waals surface area (Å²) in [5, 5.41) is 23.9. The first-order chi connectivity index (χ1) is 15.1. The van der Waals surface area contributed by atoms with E-state index in [2.05, 4.69) is 9.68 Å². The number of phenols is 1. The molecule has 1 atom stereocenters. The average molecular weight is 485 g/mol. The Morgan fingerprint density at radius 1 is 1.21 bits per heavy atom. The van der Waals surface area contributed by atoms with Gasteiger partial charge in [-0.3, -0.25) is 4.79 Å². The number of carbonyl (C=O) groups is 1. The number of nitrogens with two attached hydrogens (primary N) is 1. The molecule has 176 valence electrons. The summed E-state index contributed by atoms with van der Waals surface area (Å²) in [5.41, 5.74) is -1.17. The number of anilines is 1. The molecule has 0 aliphatic carbocycles. The van der Waals surface area contributed by atoms with Gasteiger partial charge in [0.05, 0.1) is 21.8 Å². The van der Waals surface area contributed by atoms with E-state index >= 15 is 0 Å². The van der Waals surface area contributed by atoms with Gasteiger partial charge in [0.1, 0.15) is 5.75 Å². The maximum absolute atomic E-state index is 14.2. The molecule has 1 aromatic heterocycles. The zero-order valence-corrected chi connectivity index (χ0v) is 18.5. The van der Waals surface area contributed by atoms with Crippen molar-refractivity contribution in [3.63, 3.8) is 0 Å². The Hall–Kier alpha value is -3.11. The molecule has 0 spiro atoms. The van der Waals surface area contributed by atoms with E-state index < -0.39 is 46.3 Å². The summed E-state index contributed by atoms with van der Waals surface area (Å²) in [7, 11) is 0. The van der Waals surface area contributed by atoms with Gasteiger partial charge in [-0.2, -0.15) is 13.2 Å². The number of aromatic nitrogens is 1. The molecule has 0 saturated heterocycles. The predicted octanol–water partition coefficient (Wildman–Crippen LogP) is 4.28. The van der Waals surface area contributed by atoms with E-state index in [-0.39, 0.29) is 32.8 Å². The Labute approximate surface area is 190 Å². The van der Waals surface area contributed by atoms with Crippen LogP contribution in [-0.4, -0.2) is 32.9 Å². The van der Waals surface area contributed by atoms with Crippen molar-refractivity contribution in [1.29, 1.82) is 0 Å². The van der Waals surface area contributed by atoms with Crippen LogP contribution in [0.15, 0.2) is 39.6 Å². The number of carbonyl (C=O) groups excluding carboxylic acids is 1. The zero-order valence-electron chi connectivity index (χ0n) is 17.7. The Morgan fingerprint density at radius 3 is 2.45 bits per heavy atom. The number of ketones is 1. The standard InChI is InChI=1S/C22H20ClF3N2O5/c1-10-15-11(19(31)33-28-10)7-8-12(17(15)27)18(30)21(32,22(24,25)26)9-20(2,3)13-5-4-6-14(29)16(13)23/h4-8,29,32H,9,27H2,1-3H3. The van der Waals surface area contributed by atoms with E-state index in [1.54, 1.807) is 0 Å². The maximum Gasteiger partial charge on any atom is 0.424 e. The van der Waals surface area contributed by atoms with Crippen LogP contribution in [0.2, 0.25) is 5.02 Å². The van der Waals surface area contributed by atoms with Crippen LogP contribution in [0, 0.1) is 6.92 Å². The first-order valence-corrected chi connectivity index (χ1v) is 10.0. The molecular weight excluding hydrogens is 465 g/mol. The number of aliphatic hydroxyl groups is 1. The first kappa shape index (κ1) is 24.5. The monoisotopic (exact) mass is 484 g/mol. The molecule has 1 unspecified atom stereocenters. The van der Waals surface area contributed by atoms with Crippen molar-refractivity contribution >= 4 is 33.8 Å². The van der Waals surface area contributed by atoms with E-state index in [1.165, 1.54) is 39.0 Å². The lowest BCUT2D eigenvalue weighted by Crippen LogP contribution is -2.55. The third-order valence-corrected chi connectivity index (χ3v) is 5.98. The van der Waals surface area contributed by atoms with Gasteiger partial charge < -0.3 is 20.5 Å². The van der Waals surface area contributed by atoms with Crippen LogP contribution in [0.4, 0.5) is 18.9 Å². The smallest absolute Gasteiger partial charge is 0.424 e. The second-order valence-electron chi connectivity index (χ2n) is 8.39. The Bertz CT molecular complexity index is 1320. The normalized spacial score (nSPS) is 14.3. The lowest BCUT2D eigenvalue weighted by Gasteiger charge is -2.37. The van der Waals surface area contributed by atoms with Gasteiger partial charge in [0.25, 0.3) is 0 Å². The molecule has 33 heavy (non-hydrogen) atoms. The molecule has 0 aliphatic rings. The molecule has 1 heterocycles. The lowest BCUT2D eigenvalue weighted by molar-refractivity contribution is -0.242. The highest BCUT2D eigenvalue weighted by molar-refractivity contribution is 6.32. The molecule has 3 rings (SSSR count). The summed E-state index contributed by atoms with van der Waals surface area (Å²) in [6, 6.07) is 6.05. The van der Waals surface area contributed by atoms with Crippen molar-refractivity contribution < 1.29 is 32.7 Å². The molecule has 0 fully saturated rings. The van der Waals surface area contributed by atoms with Gasteiger partial charge in [0.2, 0.25) is 11.4 Å². The third-order valence-electron chi connectivity index (χ3n) is 5.59. The Kier molecular flexibility index (Phi) is 5.97. The van der Waals surface area contributed by atoms with E-state index in [0.717, 1.165) is 12.1 Å². The van der Waals surface area contributed by atoms with Gasteiger partial charge in [-0.25, -0.2) is 4.79 Å². The number of nitrogens with zero attached hydrogens (tertiary/aromatic N) is 1. The molecule has 7 nitrogen and oxygen atoms in total. The number of rotatable bonds is 5. The highest BCUT2D eigenvalue weighted by Crippen LogP contribution is 2.46. The van der Waals surface area contributed by atoms with Crippen molar-refractivity contribution in [3.8, 4) is 5.75 Å². The van der Waals surface area contributed by atoms with Crippen LogP contribution >= 0.6 is 11.6 Å². The average Bonchev–Trinajstić information content (AvgIpc) is 2.71. The SMILES string of the molecule is Cc1noc(=O)c2ccc(C(=O)C(O)(CC(C)(C)c3cccc(O)c3Cl)C(F)(F)F)c(N)c12. The zero-order chi connectivity index (χ0) is 24.9. The fourth-order valence-corrected chi connectivity index (χ4v) is 4.27. The van der Waals surface area contributed by atoms with Gasteiger partial charge in [0, 0.05) is 17.4 Å². The fraction of sp³-hybridized carbons (Fsp3) is 0.318. The summed E-state index contributed by atoms with van der Waals surface area (Å²) < 4.78 is 47.1. The van der Waals surface area contributed by atoms with E-state index in [1.807, 2.05) is 0 Å². The number of alkyl halides is 3. The van der Waals surface area contributed by atoms with Crippen molar-refractivity contribution in [1.82, 2.24) is 5.16 Å². The largest absolute Gasteiger partial charge is 0.506 e. The fourth-order valence-electron chi connectivity index (χ4n) is 3.89. The summed E-state index contributed by atoms with van der Waals surface area (Å²) in [6.45, 7) is 4.10. The van der Waals surface area contributed by atoms with Gasteiger partial charge >= 0.3 is 11.8 Å². The molecular formula is C22H20ClF3N2O5. The molecule has 0 saturated carbocycles. The minimum atomic E-state index is -5.39. The van der Waals surface area contributed by atoms with Crippen molar-refractivity contribution in [2.24, 2.45) is 0 Å². The molecule has 0 amide bonds. The number of hydrogen-bond donors (Lipinski definition) is 3. The van der Waals surface area contributed by atoms with Crippen molar-refractivity contribution in [2.75, 3.05) is 5.73 Å². The van der Waals surface area contributed by atoms with Crippen molar-refractivity contribution in [3.05, 3.63) is 62.6 Å². The van der Waals surface area contributed by atoms with E-state index in [9.17, 15) is 33.0 Å². The minimum absolute atomic E-state index is 0.0445. The van der Waals surface area contributed by atoms with Gasteiger partial charge in [-0.1, -0.05) is 42.7 Å². The highest BCUT2D eigenvalue weighted by Gasteiger charge is 2.61. The van der Waals surface area contributed by atoms with Crippen LogP contribution < -0.4 is 11.4 Å². The van der Waals surface area contributed by atoms with Gasteiger partial charge in [-0.15, -0.1) is 0 Å². The summed E-state index contributed by atoms with van der Waals surface area (Å²) in [4.78, 5) is 25.1. The summed E-state index contributed by atoms with van der Waals surface area (Å²) >= 11 is 6.08. The second-order valence-corrected chi connectivity index (χ2v) is 8.77. The number of aryl methyl sites for hydroxylation is 1. The summed E-state index contributed by atoms with van der Waals surface area (Å²) in [5.74, 6) is -2.06. The van der Waals surface area contributed by atoms with Gasteiger partial charge in [0.15, 0.2) is 0 Å². The second kappa shape index (κ2) is 8.03. The van der Waals surface area contributed by atoms with Crippen LogP contribution in [0.3, 0.4) is 0 Å². The molecule has 2 aromatic carbocycles. The number of phenolic OH excluding ortho intramolecular Hbond substituents is 1. The Morgan fingerprint density at radius 2 is 1.85 bits per heavy atom. The number of aromatic hydroxyl groups is 1. The summed E-state index contributed by atoms with van der Waals surface area (Å²) in [6.07, 6.45) is -6.52. The van der Waals surface area contributed by atoms with E-state index in [0.29, 0.717) is 0 Å². The molecule has 4 N–H and O–H groups in total. The van der Waals surface area contributed by atoms with Crippen LogP contribution in [-0.2, 0) is 5.41 Å². The number of hydrogen-bond acceptors (Lipinski definition) is 7. The van der Waals surface area contributed by atoms with Crippen LogP contribution in [0.5, 0.6) is 5.75 Å². The molecule has 11 heteroatoms. The third kappa shape index (κ3) is 4.04.